The summed E-state index contributed by atoms with van der Waals surface area (Å²) in [5.41, 5.74) is 3.72. The number of nitrogens with zero attached hydrogens (tertiary/aromatic N) is 4. The van der Waals surface area contributed by atoms with E-state index in [1.165, 1.54) is 0 Å². The van der Waals surface area contributed by atoms with Crippen molar-refractivity contribution in [3.8, 4) is 11.5 Å². The Labute approximate surface area is 288 Å². The molecule has 49 heavy (non-hydrogen) atoms. The summed E-state index contributed by atoms with van der Waals surface area (Å²) < 4.78 is 19.2. The highest BCUT2D eigenvalue weighted by Gasteiger charge is 2.32. The van der Waals surface area contributed by atoms with Gasteiger partial charge in [0.1, 0.15) is 11.3 Å². The lowest BCUT2D eigenvalue weighted by Gasteiger charge is -2.25. The van der Waals surface area contributed by atoms with E-state index in [1.807, 2.05) is 53.2 Å². The lowest BCUT2D eigenvalue weighted by atomic mass is 10.1. The van der Waals surface area contributed by atoms with Gasteiger partial charge in [0.15, 0.2) is 17.3 Å². The number of anilines is 2. The van der Waals surface area contributed by atoms with E-state index in [0.29, 0.717) is 58.6 Å². The number of hydrogen-bond acceptors (Lipinski definition) is 9. The Morgan fingerprint density at radius 2 is 1.90 bits per heavy atom. The van der Waals surface area contributed by atoms with Crippen molar-refractivity contribution in [3.05, 3.63) is 65.7 Å². The maximum absolute atomic E-state index is 13.2. The van der Waals surface area contributed by atoms with Crippen molar-refractivity contribution in [2.75, 3.05) is 62.0 Å². The summed E-state index contributed by atoms with van der Waals surface area (Å²) in [6, 6.07) is 12.5. The molecule has 3 aliphatic heterocycles. The molecule has 256 valence electrons. The summed E-state index contributed by atoms with van der Waals surface area (Å²) >= 11 is 1.85. The van der Waals surface area contributed by atoms with E-state index in [1.54, 1.807) is 42.0 Å². The van der Waals surface area contributed by atoms with Crippen LogP contribution in [0.15, 0.2) is 58.1 Å². The maximum Gasteiger partial charge on any atom is 0.289 e. The van der Waals surface area contributed by atoms with Crippen LogP contribution in [0.5, 0.6) is 11.5 Å². The Morgan fingerprint density at radius 1 is 1.04 bits per heavy atom. The van der Waals surface area contributed by atoms with Crippen LogP contribution in [0, 0.1) is 0 Å². The van der Waals surface area contributed by atoms with Gasteiger partial charge in [-0.2, -0.15) is 11.8 Å². The Balaban J connectivity index is 0.895. The zero-order valence-corrected chi connectivity index (χ0v) is 28.5. The normalized spacial score (nSPS) is 17.1. The minimum atomic E-state index is -0.241. The van der Waals surface area contributed by atoms with Gasteiger partial charge in [0.05, 0.1) is 36.7 Å². The lowest BCUT2D eigenvalue weighted by Crippen LogP contribution is -2.37. The van der Waals surface area contributed by atoms with Crippen molar-refractivity contribution in [1.82, 2.24) is 14.4 Å². The van der Waals surface area contributed by atoms with Gasteiger partial charge in [-0.1, -0.05) is 0 Å². The van der Waals surface area contributed by atoms with Gasteiger partial charge >= 0.3 is 0 Å². The SMILES string of the molecule is COc1cc2c(cc1OCCCCNc1cc(C(=O)Nc3ccc4oc(C(=O)N5CCSCC5)cc4c3)n(C)c1)N=C[C@@H]1CCCN1C2=O. The Bertz CT molecular complexity index is 1910. The number of ether oxygens (including phenoxy) is 2. The van der Waals surface area contributed by atoms with Crippen LogP contribution in [0.1, 0.15) is 57.1 Å². The van der Waals surface area contributed by atoms with Gasteiger partial charge in [-0.3, -0.25) is 19.4 Å². The monoisotopic (exact) mass is 684 g/mol. The third kappa shape index (κ3) is 6.98. The van der Waals surface area contributed by atoms with Crippen LogP contribution in [0.25, 0.3) is 11.0 Å². The number of amides is 3. The van der Waals surface area contributed by atoms with E-state index in [4.69, 9.17) is 13.9 Å². The highest BCUT2D eigenvalue weighted by atomic mass is 32.2. The second kappa shape index (κ2) is 14.3. The molecule has 2 N–H and O–H groups in total. The number of aryl methyl sites for hydroxylation is 1. The van der Waals surface area contributed by atoms with E-state index in [9.17, 15) is 14.4 Å². The first-order valence-corrected chi connectivity index (χ1v) is 17.9. The summed E-state index contributed by atoms with van der Waals surface area (Å²) in [6.07, 6.45) is 7.29. The number of furan rings is 1. The van der Waals surface area contributed by atoms with Crippen molar-refractivity contribution in [2.45, 2.75) is 31.7 Å². The Hall–Kier alpha value is -4.91. The minimum absolute atomic E-state index is 0.0154. The van der Waals surface area contributed by atoms with Crippen molar-refractivity contribution < 1.29 is 28.3 Å². The van der Waals surface area contributed by atoms with Gasteiger partial charge in [-0.25, -0.2) is 0 Å². The number of methoxy groups -OCH3 is 1. The first kappa shape index (κ1) is 32.6. The molecule has 3 aliphatic rings. The van der Waals surface area contributed by atoms with Crippen molar-refractivity contribution in [2.24, 2.45) is 12.0 Å². The molecule has 2 saturated heterocycles. The van der Waals surface area contributed by atoms with Gasteiger partial charge in [-0.05, 0) is 62.1 Å². The molecular formula is C36H40N6O6S. The zero-order chi connectivity index (χ0) is 33.9. The van der Waals surface area contributed by atoms with Crippen molar-refractivity contribution in [1.29, 1.82) is 0 Å². The number of unbranched alkanes of at least 4 members (excludes halogenated alkanes) is 1. The van der Waals surface area contributed by atoms with E-state index in [-0.39, 0.29) is 23.8 Å². The Kier molecular flexibility index (Phi) is 9.52. The number of aromatic nitrogens is 1. The van der Waals surface area contributed by atoms with E-state index in [0.717, 1.165) is 67.9 Å². The van der Waals surface area contributed by atoms with E-state index in [2.05, 4.69) is 15.6 Å². The van der Waals surface area contributed by atoms with Crippen molar-refractivity contribution >= 4 is 63.7 Å². The summed E-state index contributed by atoms with van der Waals surface area (Å²) in [4.78, 5) is 47.5. The van der Waals surface area contributed by atoms with Gasteiger partial charge in [-0.15, -0.1) is 0 Å². The highest BCUT2D eigenvalue weighted by Crippen LogP contribution is 2.38. The molecule has 0 bridgehead atoms. The molecule has 2 aromatic heterocycles. The zero-order valence-electron chi connectivity index (χ0n) is 27.7. The number of carbonyl (C=O) groups excluding carboxylic acids is 3. The van der Waals surface area contributed by atoms with Crippen LogP contribution in [0.4, 0.5) is 17.1 Å². The predicted octanol–water partition coefficient (Wildman–Crippen LogP) is 5.81. The first-order valence-electron chi connectivity index (χ1n) is 16.7. The highest BCUT2D eigenvalue weighted by molar-refractivity contribution is 7.99. The molecule has 3 amide bonds. The molecule has 5 heterocycles. The number of aliphatic imine (C=N–C) groups is 1. The summed E-state index contributed by atoms with van der Waals surface area (Å²) in [6.45, 7) is 3.35. The second-order valence-electron chi connectivity index (χ2n) is 12.4. The molecular weight excluding hydrogens is 644 g/mol. The van der Waals surface area contributed by atoms with Crippen LogP contribution in [-0.2, 0) is 7.05 Å². The summed E-state index contributed by atoms with van der Waals surface area (Å²) in [5.74, 6) is 2.91. The number of thioether (sulfide) groups is 1. The van der Waals surface area contributed by atoms with Crippen LogP contribution in [0.3, 0.4) is 0 Å². The number of fused-ring (bicyclic) bond motifs is 3. The largest absolute Gasteiger partial charge is 0.493 e. The fourth-order valence-electron chi connectivity index (χ4n) is 6.49. The average molecular weight is 685 g/mol. The average Bonchev–Trinajstić information content (AvgIpc) is 3.85. The Morgan fingerprint density at radius 3 is 2.73 bits per heavy atom. The number of carbonyl (C=O) groups is 3. The first-order chi connectivity index (χ1) is 23.9. The molecule has 0 radical (unpaired) electrons. The van der Waals surface area contributed by atoms with Crippen LogP contribution in [0.2, 0.25) is 0 Å². The third-order valence-corrected chi connectivity index (χ3v) is 10.1. The number of rotatable bonds is 11. The fourth-order valence-corrected chi connectivity index (χ4v) is 7.40. The summed E-state index contributed by atoms with van der Waals surface area (Å²) in [7, 11) is 3.41. The molecule has 7 rings (SSSR count). The van der Waals surface area contributed by atoms with Gasteiger partial charge in [0, 0.05) is 74.3 Å². The third-order valence-electron chi connectivity index (χ3n) is 9.14. The number of benzene rings is 2. The second-order valence-corrected chi connectivity index (χ2v) is 13.7. The smallest absolute Gasteiger partial charge is 0.289 e. The predicted molar refractivity (Wildman–Crippen MR) is 191 cm³/mol. The standard InChI is InChI=1S/C36H40N6O6S/c1-40-22-25(18-29(40)34(43)39-24-7-8-30-23(16-24)17-33(48-30)36(45)41-11-14-49-15-12-41)37-9-3-4-13-47-32-20-28-27(19-31(32)46-2)35(44)42-10-5-6-26(42)21-38-28/h7-8,16-22,26,37H,3-6,9-15H2,1-2H3,(H,39,43)/t26-/m0/s1. The van der Waals surface area contributed by atoms with Gasteiger partial charge in [0.25, 0.3) is 17.7 Å². The van der Waals surface area contributed by atoms with Crippen LogP contribution < -0.4 is 20.1 Å². The number of hydrogen-bond donors (Lipinski definition) is 2. The molecule has 2 fully saturated rings. The molecule has 0 unspecified atom stereocenters. The van der Waals surface area contributed by atoms with Crippen molar-refractivity contribution in [3.63, 3.8) is 0 Å². The van der Waals surface area contributed by atoms with Gasteiger partial charge in [0.2, 0.25) is 0 Å². The number of nitrogens with one attached hydrogen (secondary N) is 2. The molecule has 0 saturated carbocycles. The minimum Gasteiger partial charge on any atom is -0.493 e. The molecule has 2 aromatic carbocycles. The molecule has 1 atom stereocenters. The quantitative estimate of drug-likeness (QED) is 0.189. The van der Waals surface area contributed by atoms with Gasteiger partial charge < -0.3 is 38.9 Å². The maximum atomic E-state index is 13.2. The van der Waals surface area contributed by atoms with Crippen LogP contribution in [-0.4, -0.2) is 95.7 Å². The molecule has 13 heteroatoms. The molecule has 0 spiro atoms. The van der Waals surface area contributed by atoms with E-state index < -0.39 is 0 Å². The fraction of sp³-hybridized carbons (Fsp3) is 0.389. The van der Waals surface area contributed by atoms with E-state index >= 15 is 0 Å². The topological polar surface area (TPSA) is 131 Å². The molecule has 0 aliphatic carbocycles. The summed E-state index contributed by atoms with van der Waals surface area (Å²) in [5, 5.41) is 7.12. The molecule has 12 nitrogen and oxygen atoms in total. The van der Waals surface area contributed by atoms with Crippen LogP contribution >= 0.6 is 11.8 Å². The lowest BCUT2D eigenvalue weighted by molar-refractivity contribution is 0.0741. The molecule has 4 aromatic rings.